The molecule has 0 radical (unpaired) electrons. The number of nitrogens with one attached hydrogen (secondary N) is 1. The number of carbonyl (C=O) groups excluding carboxylic acids is 1. The van der Waals surface area contributed by atoms with Gasteiger partial charge in [0.05, 0.1) is 40.2 Å². The normalized spacial score (nSPS) is 11.0. The predicted molar refractivity (Wildman–Crippen MR) is 119 cm³/mol. The molecule has 2 aromatic heterocycles. The van der Waals surface area contributed by atoms with E-state index in [1.165, 1.54) is 41.6 Å². The van der Waals surface area contributed by atoms with Crippen LogP contribution in [0.4, 0.5) is 0 Å². The van der Waals surface area contributed by atoms with E-state index < -0.39 is 5.97 Å². The number of thioether (sulfide) groups is 1. The first-order valence-electron chi connectivity index (χ1n) is 9.36. The second-order valence-electron chi connectivity index (χ2n) is 6.64. The molecule has 31 heavy (non-hydrogen) atoms. The van der Waals surface area contributed by atoms with E-state index in [0.717, 1.165) is 0 Å². The third kappa shape index (κ3) is 3.99. The zero-order chi connectivity index (χ0) is 22.0. The van der Waals surface area contributed by atoms with E-state index in [4.69, 9.17) is 4.74 Å². The molecule has 0 spiro atoms. The summed E-state index contributed by atoms with van der Waals surface area (Å²) in [4.78, 5) is 48.9. The van der Waals surface area contributed by atoms with E-state index >= 15 is 0 Å². The van der Waals surface area contributed by atoms with Crippen molar-refractivity contribution < 1.29 is 9.53 Å². The van der Waals surface area contributed by atoms with E-state index in [1.54, 1.807) is 24.3 Å². The quantitative estimate of drug-likeness (QED) is 0.215. The van der Waals surface area contributed by atoms with Crippen LogP contribution in [-0.2, 0) is 17.0 Å². The molecule has 0 saturated heterocycles. The number of H-pyrrole nitrogens is 1. The highest BCUT2D eigenvalue weighted by molar-refractivity contribution is 7.98. The Hall–Kier alpha value is -3.72. The van der Waals surface area contributed by atoms with E-state index in [9.17, 15) is 14.4 Å². The number of benzene rings is 2. The van der Waals surface area contributed by atoms with E-state index in [-0.39, 0.29) is 16.9 Å². The van der Waals surface area contributed by atoms with E-state index in [1.807, 2.05) is 6.07 Å². The maximum Gasteiger partial charge on any atom is 0.337 e. The van der Waals surface area contributed by atoms with Crippen molar-refractivity contribution in [2.45, 2.75) is 17.5 Å². The molecule has 0 aliphatic heterocycles. The van der Waals surface area contributed by atoms with Crippen LogP contribution in [0.15, 0.2) is 69.9 Å². The number of nitrogens with zero attached hydrogens (tertiary/aromatic N) is 3. The van der Waals surface area contributed by atoms with Gasteiger partial charge in [0, 0.05) is 6.54 Å². The van der Waals surface area contributed by atoms with Gasteiger partial charge < -0.3 is 9.72 Å². The Bertz CT molecular complexity index is 1440. The highest BCUT2D eigenvalue weighted by Gasteiger charge is 2.13. The Labute approximate surface area is 180 Å². The van der Waals surface area contributed by atoms with Crippen LogP contribution in [0.3, 0.4) is 0 Å². The maximum absolute atomic E-state index is 12.9. The smallest absolute Gasteiger partial charge is 0.337 e. The number of ether oxygens (including phenoxy) is 1. The lowest BCUT2D eigenvalue weighted by Crippen LogP contribution is -2.23. The van der Waals surface area contributed by atoms with Crippen LogP contribution in [0.25, 0.3) is 21.8 Å². The van der Waals surface area contributed by atoms with Crippen LogP contribution in [0.2, 0.25) is 0 Å². The van der Waals surface area contributed by atoms with Gasteiger partial charge in [-0.25, -0.2) is 14.8 Å². The summed E-state index contributed by atoms with van der Waals surface area (Å²) < 4.78 is 6.26. The van der Waals surface area contributed by atoms with Gasteiger partial charge in [-0.3, -0.25) is 14.2 Å². The number of aromatic amines is 1. The van der Waals surface area contributed by atoms with Gasteiger partial charge >= 0.3 is 5.97 Å². The summed E-state index contributed by atoms with van der Waals surface area (Å²) in [6.07, 6.45) is 1.63. The topological polar surface area (TPSA) is 107 Å². The van der Waals surface area contributed by atoms with Gasteiger partial charge in [-0.05, 0) is 30.3 Å². The molecule has 2 heterocycles. The molecule has 0 aliphatic rings. The summed E-state index contributed by atoms with van der Waals surface area (Å²) in [6, 6.07) is 11.7. The monoisotopic (exact) mass is 434 g/mol. The van der Waals surface area contributed by atoms with Gasteiger partial charge in [0.25, 0.3) is 11.1 Å². The number of allylic oxidation sites excluding steroid dienone is 1. The fourth-order valence-electron chi connectivity index (χ4n) is 3.18. The van der Waals surface area contributed by atoms with Gasteiger partial charge in [0.15, 0.2) is 5.16 Å². The summed E-state index contributed by atoms with van der Waals surface area (Å²) >= 11 is 1.28. The Morgan fingerprint density at radius 1 is 1.16 bits per heavy atom. The van der Waals surface area contributed by atoms with Crippen molar-refractivity contribution in [2.24, 2.45) is 0 Å². The first-order chi connectivity index (χ1) is 15.0. The number of methoxy groups -OCH3 is 1. The standard InChI is InChI=1S/C22H18N4O4S/c1-3-10-26-20(28)15-6-4-5-7-16(15)24-22(26)31-12-18-23-17-11-13(21(29)30-2)8-9-14(17)19(27)25-18/h3-9,11H,1,10,12H2,2H3,(H,23,25,27). The lowest BCUT2D eigenvalue weighted by Gasteiger charge is -2.11. The number of hydrogen-bond donors (Lipinski definition) is 1. The van der Waals surface area contributed by atoms with Gasteiger partial charge in [-0.2, -0.15) is 0 Å². The molecule has 0 bridgehead atoms. The zero-order valence-corrected chi connectivity index (χ0v) is 17.4. The second kappa shape index (κ2) is 8.57. The summed E-state index contributed by atoms with van der Waals surface area (Å²) in [5.74, 6) is 0.168. The van der Waals surface area contributed by atoms with Crippen molar-refractivity contribution in [3.8, 4) is 0 Å². The maximum atomic E-state index is 12.9. The number of fused-ring (bicyclic) bond motifs is 2. The number of para-hydroxylation sites is 1. The van der Waals surface area contributed by atoms with Crippen LogP contribution in [0.5, 0.6) is 0 Å². The first-order valence-corrected chi connectivity index (χ1v) is 10.3. The zero-order valence-electron chi connectivity index (χ0n) is 16.6. The molecule has 0 amide bonds. The van der Waals surface area contributed by atoms with Gasteiger partial charge in [0.1, 0.15) is 5.82 Å². The second-order valence-corrected chi connectivity index (χ2v) is 7.58. The molecular weight excluding hydrogens is 416 g/mol. The first kappa shape index (κ1) is 20.5. The van der Waals surface area contributed by atoms with Gasteiger partial charge in [-0.15, -0.1) is 6.58 Å². The average molecular weight is 434 g/mol. The predicted octanol–water partition coefficient (Wildman–Crippen LogP) is 2.90. The highest BCUT2D eigenvalue weighted by atomic mass is 32.2. The third-order valence-electron chi connectivity index (χ3n) is 4.65. The number of rotatable bonds is 6. The van der Waals surface area contributed by atoms with Crippen LogP contribution < -0.4 is 11.1 Å². The number of carbonyl (C=O) groups is 1. The Morgan fingerprint density at radius 3 is 2.74 bits per heavy atom. The molecule has 4 aromatic rings. The molecule has 8 nitrogen and oxygen atoms in total. The van der Waals surface area contributed by atoms with E-state index in [0.29, 0.717) is 44.9 Å². The molecule has 156 valence electrons. The van der Waals surface area contributed by atoms with Gasteiger partial charge in [0.2, 0.25) is 0 Å². The Kier molecular flexibility index (Phi) is 5.68. The van der Waals surface area contributed by atoms with E-state index in [2.05, 4.69) is 21.5 Å². The van der Waals surface area contributed by atoms with Crippen molar-refractivity contribution in [1.29, 1.82) is 0 Å². The van der Waals surface area contributed by atoms with Crippen molar-refractivity contribution in [3.05, 3.63) is 87.2 Å². The largest absolute Gasteiger partial charge is 0.465 e. The summed E-state index contributed by atoms with van der Waals surface area (Å²) in [7, 11) is 1.29. The van der Waals surface area contributed by atoms with Crippen molar-refractivity contribution >= 4 is 39.5 Å². The Morgan fingerprint density at radius 2 is 1.97 bits per heavy atom. The summed E-state index contributed by atoms with van der Waals surface area (Å²) in [6.45, 7) is 4.03. The minimum atomic E-state index is -0.506. The summed E-state index contributed by atoms with van der Waals surface area (Å²) in [5.41, 5.74) is 0.820. The molecule has 1 N–H and O–H groups in total. The van der Waals surface area contributed by atoms with Gasteiger partial charge in [-0.1, -0.05) is 30.0 Å². The molecule has 4 rings (SSSR count). The molecule has 0 fully saturated rings. The molecule has 0 saturated carbocycles. The molecule has 0 unspecified atom stereocenters. The minimum absolute atomic E-state index is 0.157. The van der Waals surface area contributed by atoms with Crippen LogP contribution in [0, 0.1) is 0 Å². The molecular formula is C22H18N4O4S. The Balaban J connectivity index is 1.72. The van der Waals surface area contributed by atoms with Crippen molar-refractivity contribution in [1.82, 2.24) is 19.5 Å². The molecule has 0 aliphatic carbocycles. The number of esters is 1. The fourth-order valence-corrected chi connectivity index (χ4v) is 4.06. The fraction of sp³-hybridized carbons (Fsp3) is 0.136. The third-order valence-corrected chi connectivity index (χ3v) is 5.64. The lowest BCUT2D eigenvalue weighted by atomic mass is 10.1. The highest BCUT2D eigenvalue weighted by Crippen LogP contribution is 2.21. The van der Waals surface area contributed by atoms with Crippen LogP contribution in [-0.4, -0.2) is 32.6 Å². The number of hydrogen-bond acceptors (Lipinski definition) is 7. The number of aromatic nitrogens is 4. The van der Waals surface area contributed by atoms with Crippen LogP contribution in [0.1, 0.15) is 16.2 Å². The summed E-state index contributed by atoms with van der Waals surface area (Å²) in [5, 5.41) is 1.39. The molecule has 9 heteroatoms. The lowest BCUT2D eigenvalue weighted by molar-refractivity contribution is 0.0601. The average Bonchev–Trinajstić information content (AvgIpc) is 2.79. The SMILES string of the molecule is C=CCn1c(SCc2nc3cc(C(=O)OC)ccc3c(=O)[nH]2)nc2ccccc2c1=O. The van der Waals surface area contributed by atoms with Crippen molar-refractivity contribution in [2.75, 3.05) is 7.11 Å². The van der Waals surface area contributed by atoms with Crippen LogP contribution >= 0.6 is 11.8 Å². The van der Waals surface area contributed by atoms with Crippen molar-refractivity contribution in [3.63, 3.8) is 0 Å². The molecule has 2 aromatic carbocycles. The minimum Gasteiger partial charge on any atom is -0.465 e. The molecule has 0 atom stereocenters.